The predicted molar refractivity (Wildman–Crippen MR) is 76.6 cm³/mol. The quantitative estimate of drug-likeness (QED) is 0.844. The lowest BCUT2D eigenvalue weighted by atomic mass is 10.1. The van der Waals surface area contributed by atoms with E-state index in [2.05, 4.69) is 54.2 Å². The van der Waals surface area contributed by atoms with Crippen molar-refractivity contribution < 1.29 is 4.74 Å². The molecule has 4 heteroatoms. The second-order valence-corrected chi connectivity index (χ2v) is 4.77. The molecule has 0 amide bonds. The average Bonchev–Trinajstić information content (AvgIpc) is 2.38. The Morgan fingerprint density at radius 1 is 1.05 bits per heavy atom. The van der Waals surface area contributed by atoms with Gasteiger partial charge >= 0.3 is 0 Å². The van der Waals surface area contributed by atoms with Crippen LogP contribution in [0, 0.1) is 13.8 Å². The van der Waals surface area contributed by atoms with Gasteiger partial charge < -0.3 is 9.64 Å². The van der Waals surface area contributed by atoms with E-state index in [4.69, 9.17) is 4.74 Å². The van der Waals surface area contributed by atoms with E-state index < -0.39 is 0 Å². The molecule has 19 heavy (non-hydrogen) atoms. The number of aryl methyl sites for hydroxylation is 2. The summed E-state index contributed by atoms with van der Waals surface area (Å²) in [6.07, 6.45) is 0. The minimum Gasteiger partial charge on any atom is -0.480 e. The van der Waals surface area contributed by atoms with Crippen LogP contribution in [-0.2, 0) is 6.54 Å². The van der Waals surface area contributed by atoms with E-state index in [1.807, 2.05) is 12.1 Å². The molecule has 0 aliphatic carbocycles. The highest BCUT2D eigenvalue weighted by molar-refractivity contribution is 5.50. The van der Waals surface area contributed by atoms with Gasteiger partial charge in [-0.3, -0.25) is 0 Å². The van der Waals surface area contributed by atoms with E-state index in [0.717, 1.165) is 12.2 Å². The molecule has 0 saturated carbocycles. The lowest BCUT2D eigenvalue weighted by Gasteiger charge is -2.19. The third-order valence-electron chi connectivity index (χ3n) is 2.95. The molecular weight excluding hydrogens is 238 g/mol. The van der Waals surface area contributed by atoms with Crippen molar-refractivity contribution in [3.63, 3.8) is 0 Å². The molecule has 0 N–H and O–H groups in total. The molecule has 4 nitrogen and oxygen atoms in total. The predicted octanol–water partition coefficient (Wildman–Crippen LogP) is 2.74. The van der Waals surface area contributed by atoms with Crippen LogP contribution in [0.25, 0.3) is 0 Å². The second-order valence-electron chi connectivity index (χ2n) is 4.77. The molecule has 0 atom stereocenters. The maximum Gasteiger partial charge on any atom is 0.233 e. The number of rotatable bonds is 4. The maximum atomic E-state index is 5.00. The Morgan fingerprint density at radius 2 is 1.74 bits per heavy atom. The fraction of sp³-hybridized carbons (Fsp3) is 0.333. The van der Waals surface area contributed by atoms with Crippen LogP contribution in [0.4, 0.5) is 5.69 Å². The number of anilines is 1. The molecule has 0 spiro atoms. The van der Waals surface area contributed by atoms with E-state index in [1.165, 1.54) is 16.8 Å². The molecule has 0 unspecified atom stereocenters. The smallest absolute Gasteiger partial charge is 0.233 e. The van der Waals surface area contributed by atoms with Crippen molar-refractivity contribution in [2.24, 2.45) is 0 Å². The van der Waals surface area contributed by atoms with E-state index in [1.54, 1.807) is 7.11 Å². The Bertz CT molecular complexity index is 532. The van der Waals surface area contributed by atoms with Gasteiger partial charge in [0.2, 0.25) is 5.88 Å². The van der Waals surface area contributed by atoms with Gasteiger partial charge in [0.15, 0.2) is 0 Å². The summed E-state index contributed by atoms with van der Waals surface area (Å²) in [6, 6.07) is 10.3. The van der Waals surface area contributed by atoms with Crippen molar-refractivity contribution in [3.8, 4) is 5.88 Å². The van der Waals surface area contributed by atoms with Gasteiger partial charge in [-0.25, -0.2) is 0 Å². The van der Waals surface area contributed by atoms with Crippen LogP contribution in [0.5, 0.6) is 5.88 Å². The standard InChI is InChI=1S/C15H19N3O/c1-11-7-12(2)9-14(8-11)18(3)10-13-5-6-15(19-4)17-16-13/h5-9H,10H2,1-4H3. The number of hydrogen-bond donors (Lipinski definition) is 0. The molecule has 1 heterocycles. The molecule has 0 radical (unpaired) electrons. The Labute approximate surface area is 114 Å². The summed E-state index contributed by atoms with van der Waals surface area (Å²) in [4.78, 5) is 2.16. The van der Waals surface area contributed by atoms with Gasteiger partial charge in [0.05, 0.1) is 19.3 Å². The highest BCUT2D eigenvalue weighted by atomic mass is 16.5. The van der Waals surface area contributed by atoms with Crippen molar-refractivity contribution in [2.45, 2.75) is 20.4 Å². The first-order chi connectivity index (χ1) is 9.08. The monoisotopic (exact) mass is 257 g/mol. The number of aromatic nitrogens is 2. The van der Waals surface area contributed by atoms with Gasteiger partial charge in [0.1, 0.15) is 0 Å². The Morgan fingerprint density at radius 3 is 2.26 bits per heavy atom. The SMILES string of the molecule is COc1ccc(CN(C)c2cc(C)cc(C)c2)nn1. The Hall–Kier alpha value is -2.10. The largest absolute Gasteiger partial charge is 0.480 e. The molecule has 0 aliphatic heterocycles. The summed E-state index contributed by atoms with van der Waals surface area (Å²) in [5.41, 5.74) is 4.64. The van der Waals surface area contributed by atoms with E-state index in [0.29, 0.717) is 5.88 Å². The first-order valence-electron chi connectivity index (χ1n) is 6.24. The van der Waals surface area contributed by atoms with Gasteiger partial charge in [-0.2, -0.15) is 5.10 Å². The first-order valence-corrected chi connectivity index (χ1v) is 6.24. The zero-order valence-electron chi connectivity index (χ0n) is 11.8. The highest BCUT2D eigenvalue weighted by Gasteiger charge is 2.05. The van der Waals surface area contributed by atoms with Crippen LogP contribution in [0.3, 0.4) is 0 Å². The number of ether oxygens (including phenoxy) is 1. The highest BCUT2D eigenvalue weighted by Crippen LogP contribution is 2.19. The third kappa shape index (κ3) is 3.44. The molecule has 0 bridgehead atoms. The van der Waals surface area contributed by atoms with Crippen LogP contribution in [-0.4, -0.2) is 24.4 Å². The number of nitrogens with zero attached hydrogens (tertiary/aromatic N) is 3. The maximum absolute atomic E-state index is 5.00. The first kappa shape index (κ1) is 13.3. The summed E-state index contributed by atoms with van der Waals surface area (Å²) >= 11 is 0. The molecule has 100 valence electrons. The van der Waals surface area contributed by atoms with Gasteiger partial charge in [0, 0.05) is 18.8 Å². The van der Waals surface area contributed by atoms with Crippen molar-refractivity contribution in [1.82, 2.24) is 10.2 Å². The lowest BCUT2D eigenvalue weighted by molar-refractivity contribution is 0.391. The average molecular weight is 257 g/mol. The van der Waals surface area contributed by atoms with Crippen LogP contribution < -0.4 is 9.64 Å². The zero-order valence-corrected chi connectivity index (χ0v) is 11.8. The van der Waals surface area contributed by atoms with Gasteiger partial charge in [-0.15, -0.1) is 5.10 Å². The fourth-order valence-corrected chi connectivity index (χ4v) is 2.05. The third-order valence-corrected chi connectivity index (χ3v) is 2.95. The van der Waals surface area contributed by atoms with Crippen LogP contribution in [0.1, 0.15) is 16.8 Å². The number of benzene rings is 1. The number of hydrogen-bond acceptors (Lipinski definition) is 4. The molecule has 1 aromatic heterocycles. The molecular formula is C15H19N3O. The van der Waals surface area contributed by atoms with Crippen molar-refractivity contribution >= 4 is 5.69 Å². The summed E-state index contributed by atoms with van der Waals surface area (Å²) in [5, 5.41) is 8.12. The number of methoxy groups -OCH3 is 1. The topological polar surface area (TPSA) is 38.2 Å². The van der Waals surface area contributed by atoms with E-state index >= 15 is 0 Å². The van der Waals surface area contributed by atoms with Crippen LogP contribution >= 0.6 is 0 Å². The van der Waals surface area contributed by atoms with Crippen molar-refractivity contribution in [2.75, 3.05) is 19.1 Å². The summed E-state index contributed by atoms with van der Waals surface area (Å²) in [7, 11) is 3.64. The van der Waals surface area contributed by atoms with E-state index in [-0.39, 0.29) is 0 Å². The van der Waals surface area contributed by atoms with Crippen molar-refractivity contribution in [1.29, 1.82) is 0 Å². The zero-order chi connectivity index (χ0) is 13.8. The van der Waals surface area contributed by atoms with Gasteiger partial charge in [0.25, 0.3) is 0 Å². The van der Waals surface area contributed by atoms with Gasteiger partial charge in [-0.1, -0.05) is 6.07 Å². The Kier molecular flexibility index (Phi) is 4.00. The van der Waals surface area contributed by atoms with E-state index in [9.17, 15) is 0 Å². The molecule has 1 aromatic carbocycles. The molecule has 0 saturated heterocycles. The molecule has 0 aliphatic rings. The van der Waals surface area contributed by atoms with Crippen LogP contribution in [0.2, 0.25) is 0 Å². The van der Waals surface area contributed by atoms with Gasteiger partial charge in [-0.05, 0) is 43.2 Å². The normalized spacial score (nSPS) is 10.3. The van der Waals surface area contributed by atoms with Crippen molar-refractivity contribution in [3.05, 3.63) is 47.2 Å². The fourth-order valence-electron chi connectivity index (χ4n) is 2.05. The summed E-state index contributed by atoms with van der Waals surface area (Å²) < 4.78 is 5.00. The molecule has 2 rings (SSSR count). The van der Waals surface area contributed by atoms with Crippen LogP contribution in [0.15, 0.2) is 30.3 Å². The minimum absolute atomic E-state index is 0.540. The summed E-state index contributed by atoms with van der Waals surface area (Å²) in [6.45, 7) is 4.94. The summed E-state index contributed by atoms with van der Waals surface area (Å²) in [5.74, 6) is 0.540. The molecule has 2 aromatic rings. The molecule has 0 fully saturated rings. The minimum atomic E-state index is 0.540. The second kappa shape index (κ2) is 5.69. The Balaban J connectivity index is 2.13. The lowest BCUT2D eigenvalue weighted by Crippen LogP contribution is -2.17.